The summed E-state index contributed by atoms with van der Waals surface area (Å²) in [7, 11) is 0. The zero-order chi connectivity index (χ0) is 19.3. The van der Waals surface area contributed by atoms with Gasteiger partial charge in [0.15, 0.2) is 0 Å². The summed E-state index contributed by atoms with van der Waals surface area (Å²) >= 11 is 0. The Morgan fingerprint density at radius 3 is 2.82 bits per heavy atom. The van der Waals surface area contributed by atoms with Crippen molar-refractivity contribution in [2.24, 2.45) is 5.92 Å². The molecule has 3 fully saturated rings. The highest BCUT2D eigenvalue weighted by Crippen LogP contribution is 2.39. The number of hydrogen-bond acceptors (Lipinski definition) is 5. The van der Waals surface area contributed by atoms with Crippen LogP contribution in [-0.4, -0.2) is 47.3 Å². The standard InChI is InChI=1S/C21H26N4O3/c26-17-5-4-16(19(27)24-17)25-11-15-3-1-2-14(18(15)20(25)28)10-22-12-21-7-6-13(8-21)9-23-21/h1-3,13,16,22-23H,4-12H2,(H,24,26,27). The Bertz CT molecular complexity index is 844. The zero-order valence-corrected chi connectivity index (χ0v) is 15.9. The van der Waals surface area contributed by atoms with Crippen molar-refractivity contribution in [1.29, 1.82) is 0 Å². The first-order chi connectivity index (χ1) is 13.5. The number of nitrogens with zero attached hydrogens (tertiary/aromatic N) is 1. The highest BCUT2D eigenvalue weighted by atomic mass is 16.2. The molecule has 7 heteroatoms. The number of rotatable bonds is 5. The van der Waals surface area contributed by atoms with Crippen molar-refractivity contribution in [2.75, 3.05) is 13.1 Å². The van der Waals surface area contributed by atoms with Crippen molar-refractivity contribution < 1.29 is 14.4 Å². The summed E-state index contributed by atoms with van der Waals surface area (Å²) < 4.78 is 0. The fraction of sp³-hybridized carbons (Fsp3) is 0.571. The van der Waals surface area contributed by atoms with Crippen LogP contribution in [0.4, 0.5) is 0 Å². The van der Waals surface area contributed by atoms with Crippen LogP contribution in [0.5, 0.6) is 0 Å². The van der Waals surface area contributed by atoms with Gasteiger partial charge in [-0.25, -0.2) is 0 Å². The number of amides is 3. The summed E-state index contributed by atoms with van der Waals surface area (Å²) in [5, 5.41) is 9.59. The molecule has 3 aliphatic heterocycles. The number of fused-ring (bicyclic) bond motifs is 3. The lowest BCUT2D eigenvalue weighted by atomic mass is 9.98. The van der Waals surface area contributed by atoms with Gasteiger partial charge in [-0.2, -0.15) is 0 Å². The summed E-state index contributed by atoms with van der Waals surface area (Å²) in [6.45, 7) is 3.12. The molecule has 0 radical (unpaired) electrons. The van der Waals surface area contributed by atoms with Gasteiger partial charge in [0.1, 0.15) is 6.04 Å². The molecule has 5 rings (SSSR count). The predicted octanol–water partition coefficient (Wildman–Crippen LogP) is 0.679. The number of nitrogens with one attached hydrogen (secondary N) is 3. The molecule has 3 heterocycles. The highest BCUT2D eigenvalue weighted by Gasteiger charge is 2.44. The van der Waals surface area contributed by atoms with E-state index in [0.29, 0.717) is 19.5 Å². The maximum absolute atomic E-state index is 13.1. The Kier molecular flexibility index (Phi) is 4.25. The largest absolute Gasteiger partial charge is 0.322 e. The molecule has 3 N–H and O–H groups in total. The van der Waals surface area contributed by atoms with Gasteiger partial charge in [-0.3, -0.25) is 19.7 Å². The molecule has 1 aromatic rings. The highest BCUT2D eigenvalue weighted by molar-refractivity contribution is 6.05. The molecule has 2 saturated heterocycles. The van der Waals surface area contributed by atoms with Gasteiger partial charge < -0.3 is 15.5 Å². The molecule has 1 aliphatic carbocycles. The van der Waals surface area contributed by atoms with E-state index in [1.54, 1.807) is 4.90 Å². The van der Waals surface area contributed by atoms with Crippen molar-refractivity contribution in [2.45, 2.75) is 56.8 Å². The molecular weight excluding hydrogens is 356 g/mol. The zero-order valence-electron chi connectivity index (χ0n) is 15.9. The van der Waals surface area contributed by atoms with Crippen LogP contribution >= 0.6 is 0 Å². The van der Waals surface area contributed by atoms with Crippen LogP contribution in [0, 0.1) is 5.92 Å². The summed E-state index contributed by atoms with van der Waals surface area (Å²) in [5.41, 5.74) is 2.90. The second-order valence-corrected chi connectivity index (χ2v) is 8.72. The molecule has 3 atom stereocenters. The van der Waals surface area contributed by atoms with Crippen LogP contribution in [-0.2, 0) is 22.7 Å². The third kappa shape index (κ3) is 2.93. The van der Waals surface area contributed by atoms with Crippen LogP contribution in [0.1, 0.15) is 53.6 Å². The molecule has 148 valence electrons. The van der Waals surface area contributed by atoms with E-state index in [2.05, 4.69) is 16.0 Å². The lowest BCUT2D eigenvalue weighted by molar-refractivity contribution is -0.136. The minimum Gasteiger partial charge on any atom is -0.322 e. The SMILES string of the molecule is O=C1CCC(N2Cc3cccc(CNCC45CCC(CN4)C5)c3C2=O)C(=O)N1. The van der Waals surface area contributed by atoms with E-state index in [1.807, 2.05) is 18.2 Å². The number of hydrogen-bond donors (Lipinski definition) is 3. The van der Waals surface area contributed by atoms with E-state index in [0.717, 1.165) is 35.7 Å². The fourth-order valence-corrected chi connectivity index (χ4v) is 5.43. The molecule has 0 spiro atoms. The molecule has 3 amide bonds. The molecule has 28 heavy (non-hydrogen) atoms. The summed E-state index contributed by atoms with van der Waals surface area (Å²) in [6.07, 6.45) is 4.46. The van der Waals surface area contributed by atoms with Gasteiger partial charge in [0, 0.05) is 37.2 Å². The Morgan fingerprint density at radius 1 is 1.21 bits per heavy atom. The van der Waals surface area contributed by atoms with Gasteiger partial charge in [-0.05, 0) is 49.3 Å². The second-order valence-electron chi connectivity index (χ2n) is 8.72. The summed E-state index contributed by atoms with van der Waals surface area (Å²) in [4.78, 5) is 38.4. The van der Waals surface area contributed by atoms with Gasteiger partial charge in [-0.15, -0.1) is 0 Å². The first-order valence-electron chi connectivity index (χ1n) is 10.3. The Morgan fingerprint density at radius 2 is 2.11 bits per heavy atom. The lowest BCUT2D eigenvalue weighted by Gasteiger charge is -2.29. The smallest absolute Gasteiger partial charge is 0.255 e. The number of piperidine rings is 2. The average molecular weight is 382 g/mol. The van der Waals surface area contributed by atoms with Crippen molar-refractivity contribution in [3.8, 4) is 0 Å². The number of imide groups is 1. The lowest BCUT2D eigenvalue weighted by Crippen LogP contribution is -2.52. The van der Waals surface area contributed by atoms with Gasteiger partial charge in [-0.1, -0.05) is 18.2 Å². The molecule has 0 aromatic heterocycles. The Hall–Kier alpha value is -2.25. The normalized spacial score (nSPS) is 31.4. The maximum atomic E-state index is 13.1. The number of carbonyl (C=O) groups is 3. The van der Waals surface area contributed by atoms with Gasteiger partial charge >= 0.3 is 0 Å². The molecule has 1 aromatic carbocycles. The van der Waals surface area contributed by atoms with Crippen LogP contribution < -0.4 is 16.0 Å². The van der Waals surface area contributed by atoms with Gasteiger partial charge in [0.2, 0.25) is 11.8 Å². The van der Waals surface area contributed by atoms with Crippen molar-refractivity contribution in [1.82, 2.24) is 20.9 Å². The maximum Gasteiger partial charge on any atom is 0.255 e. The van der Waals surface area contributed by atoms with Gasteiger partial charge in [0.05, 0.1) is 0 Å². The van der Waals surface area contributed by atoms with E-state index in [1.165, 1.54) is 19.3 Å². The minimum absolute atomic E-state index is 0.0972. The monoisotopic (exact) mass is 382 g/mol. The van der Waals surface area contributed by atoms with E-state index in [4.69, 9.17) is 0 Å². The molecule has 2 bridgehead atoms. The Labute approximate surface area is 164 Å². The molecular formula is C21H26N4O3. The van der Waals surface area contributed by atoms with Crippen LogP contribution in [0.3, 0.4) is 0 Å². The van der Waals surface area contributed by atoms with Gasteiger partial charge in [0.25, 0.3) is 5.91 Å². The van der Waals surface area contributed by atoms with E-state index in [9.17, 15) is 14.4 Å². The number of carbonyl (C=O) groups excluding carboxylic acids is 3. The van der Waals surface area contributed by atoms with Crippen LogP contribution in [0.25, 0.3) is 0 Å². The first-order valence-corrected chi connectivity index (χ1v) is 10.3. The number of benzene rings is 1. The minimum atomic E-state index is -0.560. The average Bonchev–Trinajstić information content (AvgIpc) is 3.36. The van der Waals surface area contributed by atoms with E-state index in [-0.39, 0.29) is 29.7 Å². The Balaban J connectivity index is 1.28. The third-order valence-electron chi connectivity index (χ3n) is 6.89. The third-order valence-corrected chi connectivity index (χ3v) is 6.89. The molecule has 3 unspecified atom stereocenters. The topological polar surface area (TPSA) is 90.5 Å². The summed E-state index contributed by atoms with van der Waals surface area (Å²) in [6, 6.07) is 5.38. The molecule has 4 aliphatic rings. The van der Waals surface area contributed by atoms with Crippen molar-refractivity contribution >= 4 is 17.7 Å². The van der Waals surface area contributed by atoms with Crippen molar-refractivity contribution in [3.63, 3.8) is 0 Å². The fourth-order valence-electron chi connectivity index (χ4n) is 5.43. The van der Waals surface area contributed by atoms with Crippen molar-refractivity contribution in [3.05, 3.63) is 34.9 Å². The molecule has 7 nitrogen and oxygen atoms in total. The van der Waals surface area contributed by atoms with Crippen LogP contribution in [0.15, 0.2) is 18.2 Å². The molecule has 1 saturated carbocycles. The van der Waals surface area contributed by atoms with Crippen LogP contribution in [0.2, 0.25) is 0 Å². The first kappa shape index (κ1) is 17.8. The second kappa shape index (κ2) is 6.67. The predicted molar refractivity (Wildman–Crippen MR) is 102 cm³/mol. The van der Waals surface area contributed by atoms with E-state index < -0.39 is 6.04 Å². The quantitative estimate of drug-likeness (QED) is 0.652. The van der Waals surface area contributed by atoms with E-state index >= 15 is 0 Å². The summed E-state index contributed by atoms with van der Waals surface area (Å²) in [5.74, 6) is 0.107.